The van der Waals surface area contributed by atoms with Gasteiger partial charge in [-0.3, -0.25) is 4.68 Å². The maximum Gasteiger partial charge on any atom is 0.356 e. The standard InChI is InChI=1S/C27H24F2N6O3/c28-16-3-6-18(19(29)10-16)22-23-26(32-21(13-1-2-13)24(31-23)27(36)37)34-25(33-22)14-7-8-38-20(9-14)15-11-30-35(12-15)17-4-5-17/h3,6,10-14,17,20H,1-2,4-5,7-9H2,(H,36,37)/t14?,20-/m1/s1. The normalized spacial score (nSPS) is 21.6. The SMILES string of the molecule is O=C(O)c1nc2c(-c3ccc(F)cc3F)nc(C3CCO[C@@H](c4cnn(C5CC5)c4)C3)nc2nc1C1CC1. The summed E-state index contributed by atoms with van der Waals surface area (Å²) in [7, 11) is 0. The molecule has 9 nitrogen and oxygen atoms in total. The molecule has 4 aromatic rings. The van der Waals surface area contributed by atoms with Crippen LogP contribution in [-0.2, 0) is 4.74 Å². The molecule has 4 heterocycles. The zero-order valence-corrected chi connectivity index (χ0v) is 20.3. The van der Waals surface area contributed by atoms with Gasteiger partial charge in [0, 0.05) is 41.8 Å². The largest absolute Gasteiger partial charge is 0.476 e. The minimum atomic E-state index is -1.21. The second-order valence-corrected chi connectivity index (χ2v) is 10.3. The third kappa shape index (κ3) is 4.20. The molecule has 2 saturated carbocycles. The van der Waals surface area contributed by atoms with E-state index in [2.05, 4.69) is 15.1 Å². The predicted molar refractivity (Wildman–Crippen MR) is 131 cm³/mol. The van der Waals surface area contributed by atoms with Crippen molar-refractivity contribution in [2.75, 3.05) is 6.61 Å². The van der Waals surface area contributed by atoms with Gasteiger partial charge in [-0.2, -0.15) is 5.10 Å². The first-order valence-electron chi connectivity index (χ1n) is 12.9. The van der Waals surface area contributed by atoms with Crippen molar-refractivity contribution in [2.24, 2.45) is 0 Å². The minimum absolute atomic E-state index is 0.0119. The molecule has 0 bridgehead atoms. The first-order valence-corrected chi connectivity index (χ1v) is 12.9. The molecule has 1 N–H and O–H groups in total. The molecule has 1 aliphatic heterocycles. The van der Waals surface area contributed by atoms with Crippen molar-refractivity contribution >= 4 is 17.1 Å². The number of carbonyl (C=O) groups is 1. The maximum atomic E-state index is 15.0. The van der Waals surface area contributed by atoms with Crippen LogP contribution in [0.5, 0.6) is 0 Å². The van der Waals surface area contributed by atoms with E-state index in [1.165, 1.54) is 6.07 Å². The van der Waals surface area contributed by atoms with Gasteiger partial charge in [-0.05, 0) is 50.7 Å². The van der Waals surface area contributed by atoms with E-state index in [4.69, 9.17) is 14.7 Å². The summed E-state index contributed by atoms with van der Waals surface area (Å²) in [6.45, 7) is 0.489. The van der Waals surface area contributed by atoms with Crippen molar-refractivity contribution < 1.29 is 23.4 Å². The molecule has 11 heteroatoms. The third-order valence-electron chi connectivity index (χ3n) is 7.49. The molecule has 3 aromatic heterocycles. The van der Waals surface area contributed by atoms with Crippen LogP contribution in [0, 0.1) is 11.6 Å². The number of benzene rings is 1. The fourth-order valence-electron chi connectivity index (χ4n) is 5.15. The molecule has 1 unspecified atom stereocenters. The molecule has 38 heavy (non-hydrogen) atoms. The van der Waals surface area contributed by atoms with Gasteiger partial charge in [0.15, 0.2) is 11.3 Å². The summed E-state index contributed by atoms with van der Waals surface area (Å²) in [6, 6.07) is 3.66. The van der Waals surface area contributed by atoms with Crippen LogP contribution in [0.15, 0.2) is 30.6 Å². The van der Waals surface area contributed by atoms with Crippen molar-refractivity contribution in [3.8, 4) is 11.3 Å². The molecule has 2 atom stereocenters. The average Bonchev–Trinajstić information content (AvgIpc) is 3.86. The average molecular weight is 519 g/mol. The van der Waals surface area contributed by atoms with Crippen LogP contribution in [0.25, 0.3) is 22.4 Å². The highest BCUT2D eigenvalue weighted by molar-refractivity contribution is 5.93. The number of hydrogen-bond donors (Lipinski definition) is 1. The highest BCUT2D eigenvalue weighted by Gasteiger charge is 2.34. The Morgan fingerprint density at radius 2 is 1.87 bits per heavy atom. The fraction of sp³-hybridized carbons (Fsp3) is 0.407. The number of ether oxygens (including phenoxy) is 1. The van der Waals surface area contributed by atoms with Gasteiger partial charge in [0.25, 0.3) is 0 Å². The molecule has 0 amide bonds. The van der Waals surface area contributed by atoms with Crippen molar-refractivity contribution in [3.05, 3.63) is 65.0 Å². The Morgan fingerprint density at radius 3 is 2.61 bits per heavy atom. The van der Waals surface area contributed by atoms with E-state index in [0.717, 1.165) is 43.4 Å². The number of halogens is 2. The molecule has 3 aliphatic rings. The molecule has 3 fully saturated rings. The Balaban J connectivity index is 1.33. The van der Waals surface area contributed by atoms with Crippen molar-refractivity contribution in [1.82, 2.24) is 29.7 Å². The smallest absolute Gasteiger partial charge is 0.356 e. The Morgan fingerprint density at radius 1 is 1.03 bits per heavy atom. The van der Waals surface area contributed by atoms with Gasteiger partial charge < -0.3 is 9.84 Å². The van der Waals surface area contributed by atoms with E-state index in [9.17, 15) is 18.7 Å². The summed E-state index contributed by atoms with van der Waals surface area (Å²) < 4.78 is 36.7. The molecule has 1 saturated heterocycles. The summed E-state index contributed by atoms with van der Waals surface area (Å²) in [4.78, 5) is 30.4. The zero-order chi connectivity index (χ0) is 26.0. The van der Waals surface area contributed by atoms with Crippen LogP contribution in [0.3, 0.4) is 0 Å². The van der Waals surface area contributed by atoms with Crippen LogP contribution in [0.4, 0.5) is 8.78 Å². The van der Waals surface area contributed by atoms with Gasteiger partial charge in [-0.25, -0.2) is 33.5 Å². The van der Waals surface area contributed by atoms with E-state index in [1.807, 2.05) is 17.1 Å². The number of nitrogens with zero attached hydrogens (tertiary/aromatic N) is 6. The van der Waals surface area contributed by atoms with Crippen LogP contribution >= 0.6 is 0 Å². The number of fused-ring (bicyclic) bond motifs is 1. The minimum Gasteiger partial charge on any atom is -0.476 e. The molecule has 7 rings (SSSR count). The zero-order valence-electron chi connectivity index (χ0n) is 20.3. The summed E-state index contributed by atoms with van der Waals surface area (Å²) in [6.07, 6.45) is 8.87. The van der Waals surface area contributed by atoms with E-state index in [1.54, 1.807) is 0 Å². The number of rotatable bonds is 6. The van der Waals surface area contributed by atoms with Gasteiger partial charge in [-0.15, -0.1) is 0 Å². The highest BCUT2D eigenvalue weighted by Crippen LogP contribution is 2.42. The number of aromatic carboxylic acids is 1. The quantitative estimate of drug-likeness (QED) is 0.375. The van der Waals surface area contributed by atoms with E-state index in [0.29, 0.717) is 37.0 Å². The lowest BCUT2D eigenvalue weighted by Crippen LogP contribution is -2.21. The highest BCUT2D eigenvalue weighted by atomic mass is 19.1. The van der Waals surface area contributed by atoms with Crippen molar-refractivity contribution in [3.63, 3.8) is 0 Å². The second-order valence-electron chi connectivity index (χ2n) is 10.3. The van der Waals surface area contributed by atoms with Gasteiger partial charge in [0.1, 0.15) is 28.7 Å². The van der Waals surface area contributed by atoms with Gasteiger partial charge >= 0.3 is 5.97 Å². The summed E-state index contributed by atoms with van der Waals surface area (Å²) in [5, 5.41) is 14.3. The van der Waals surface area contributed by atoms with Crippen molar-refractivity contribution in [1.29, 1.82) is 0 Å². The van der Waals surface area contributed by atoms with Crippen LogP contribution in [-0.4, -0.2) is 47.4 Å². The molecule has 2 aliphatic carbocycles. The van der Waals surface area contributed by atoms with Gasteiger partial charge in [0.2, 0.25) is 0 Å². The van der Waals surface area contributed by atoms with Crippen LogP contribution in [0.1, 0.15) is 90.1 Å². The maximum absolute atomic E-state index is 15.0. The Labute approximate surface area is 215 Å². The Hall–Kier alpha value is -3.86. The monoisotopic (exact) mass is 518 g/mol. The lowest BCUT2D eigenvalue weighted by Gasteiger charge is -2.28. The third-order valence-corrected chi connectivity index (χ3v) is 7.49. The van der Waals surface area contributed by atoms with E-state index < -0.39 is 17.6 Å². The number of hydrogen-bond acceptors (Lipinski definition) is 7. The van der Waals surface area contributed by atoms with Gasteiger partial charge in [0.05, 0.1) is 24.0 Å². The lowest BCUT2D eigenvalue weighted by atomic mass is 9.92. The summed E-state index contributed by atoms with van der Waals surface area (Å²) in [5.41, 5.74) is 1.61. The summed E-state index contributed by atoms with van der Waals surface area (Å²) >= 11 is 0. The van der Waals surface area contributed by atoms with Crippen molar-refractivity contribution in [2.45, 2.75) is 62.5 Å². The first kappa shape index (κ1) is 23.3. The molecule has 194 valence electrons. The van der Waals surface area contributed by atoms with Crippen LogP contribution in [0.2, 0.25) is 0 Å². The molecule has 0 spiro atoms. The lowest BCUT2D eigenvalue weighted by molar-refractivity contribution is 0.00396. The topological polar surface area (TPSA) is 116 Å². The predicted octanol–water partition coefficient (Wildman–Crippen LogP) is 5.11. The molecule has 0 radical (unpaired) electrons. The first-order chi connectivity index (χ1) is 18.4. The number of aromatic nitrogens is 6. The van der Waals surface area contributed by atoms with E-state index >= 15 is 0 Å². The van der Waals surface area contributed by atoms with Gasteiger partial charge in [-0.1, -0.05) is 0 Å². The molecular formula is C27H24F2N6O3. The van der Waals surface area contributed by atoms with Crippen LogP contribution < -0.4 is 0 Å². The number of carboxylic acid groups (broad SMARTS) is 1. The summed E-state index contributed by atoms with van der Waals surface area (Å²) in [5.74, 6) is -2.41. The molecular weight excluding hydrogens is 494 g/mol. The number of carboxylic acids is 1. The Kier molecular flexibility index (Phi) is 5.43. The fourth-order valence-corrected chi connectivity index (χ4v) is 5.15. The van der Waals surface area contributed by atoms with E-state index in [-0.39, 0.29) is 46.1 Å². The molecule has 1 aromatic carbocycles. The Bertz CT molecular complexity index is 1580. The second kappa shape index (κ2) is 8.87.